The van der Waals surface area contributed by atoms with Gasteiger partial charge in [0.1, 0.15) is 0 Å². The summed E-state index contributed by atoms with van der Waals surface area (Å²) in [6.07, 6.45) is 0. The number of carboxylic acid groups (broad SMARTS) is 1. The number of rotatable bonds is 6. The van der Waals surface area contributed by atoms with Crippen molar-refractivity contribution in [2.75, 3.05) is 18.4 Å². The van der Waals surface area contributed by atoms with Gasteiger partial charge in [-0.05, 0) is 25.1 Å². The number of nitrogens with two attached hydrogens (primary N) is 1. The van der Waals surface area contributed by atoms with Crippen LogP contribution >= 0.6 is 0 Å². The second kappa shape index (κ2) is 7.28. The molecule has 0 aliphatic heterocycles. The molecule has 0 bridgehead atoms. The van der Waals surface area contributed by atoms with E-state index in [9.17, 15) is 14.4 Å². The van der Waals surface area contributed by atoms with Crippen molar-refractivity contribution in [3.8, 4) is 0 Å². The molecule has 0 aromatic heterocycles. The highest BCUT2D eigenvalue weighted by Gasteiger charge is 2.19. The molecule has 21 heavy (non-hydrogen) atoms. The number of nitrogens with zero attached hydrogens (tertiary/aromatic N) is 1. The molecule has 0 saturated heterocycles. The van der Waals surface area contributed by atoms with E-state index in [1.54, 1.807) is 25.1 Å². The van der Waals surface area contributed by atoms with E-state index >= 15 is 0 Å². The number of anilines is 1. The van der Waals surface area contributed by atoms with E-state index in [2.05, 4.69) is 5.32 Å². The molecule has 1 rings (SSSR count). The fraction of sp³-hybridized carbons (Fsp3) is 0.357. The van der Waals surface area contributed by atoms with Crippen LogP contribution in [0.25, 0.3) is 0 Å². The summed E-state index contributed by atoms with van der Waals surface area (Å²) in [6, 6.07) is 5.81. The van der Waals surface area contributed by atoms with Crippen molar-refractivity contribution in [3.63, 3.8) is 0 Å². The van der Waals surface area contributed by atoms with Crippen molar-refractivity contribution >= 4 is 23.6 Å². The van der Waals surface area contributed by atoms with Crippen molar-refractivity contribution in [3.05, 3.63) is 29.8 Å². The lowest BCUT2D eigenvalue weighted by molar-refractivity contribution is -0.141. The SMILES string of the molecule is CCN(CC(C)C(=O)O)C(=O)Nc1cccc(C(N)=O)c1. The largest absolute Gasteiger partial charge is 0.481 e. The number of hydrogen-bond acceptors (Lipinski definition) is 3. The van der Waals surface area contributed by atoms with Gasteiger partial charge < -0.3 is 21.1 Å². The summed E-state index contributed by atoms with van der Waals surface area (Å²) >= 11 is 0. The Balaban J connectivity index is 2.76. The van der Waals surface area contributed by atoms with Crippen LogP contribution in [0.5, 0.6) is 0 Å². The van der Waals surface area contributed by atoms with Gasteiger partial charge in [0.2, 0.25) is 5.91 Å². The van der Waals surface area contributed by atoms with E-state index in [0.717, 1.165) is 0 Å². The van der Waals surface area contributed by atoms with Crippen molar-refractivity contribution in [1.29, 1.82) is 0 Å². The van der Waals surface area contributed by atoms with Crippen molar-refractivity contribution in [2.45, 2.75) is 13.8 Å². The molecule has 0 aliphatic carbocycles. The number of carboxylic acids is 1. The summed E-state index contributed by atoms with van der Waals surface area (Å²) in [7, 11) is 0. The highest BCUT2D eigenvalue weighted by molar-refractivity contribution is 5.95. The number of aliphatic carboxylic acids is 1. The molecule has 4 N–H and O–H groups in total. The summed E-state index contributed by atoms with van der Waals surface area (Å²) < 4.78 is 0. The lowest BCUT2D eigenvalue weighted by atomic mass is 10.1. The van der Waals surface area contributed by atoms with Crippen molar-refractivity contribution in [2.24, 2.45) is 11.7 Å². The first-order valence-corrected chi connectivity index (χ1v) is 6.53. The molecular formula is C14H19N3O4. The predicted octanol–water partition coefficient (Wildman–Crippen LogP) is 1.36. The van der Waals surface area contributed by atoms with Gasteiger partial charge in [0.15, 0.2) is 0 Å². The standard InChI is InChI=1S/C14H19N3O4/c1-3-17(8-9(2)13(19)20)14(21)16-11-6-4-5-10(7-11)12(15)18/h4-7,9H,3,8H2,1-2H3,(H2,15,18)(H,16,21)(H,19,20). The Morgan fingerprint density at radius 1 is 1.38 bits per heavy atom. The number of hydrogen-bond donors (Lipinski definition) is 3. The van der Waals surface area contributed by atoms with Gasteiger partial charge in [0.05, 0.1) is 5.92 Å². The monoisotopic (exact) mass is 293 g/mol. The maximum atomic E-state index is 12.1. The second-order valence-corrected chi connectivity index (χ2v) is 4.65. The van der Waals surface area contributed by atoms with E-state index in [1.807, 2.05) is 0 Å². The quantitative estimate of drug-likeness (QED) is 0.735. The van der Waals surface area contributed by atoms with E-state index in [0.29, 0.717) is 12.2 Å². The van der Waals surface area contributed by atoms with Gasteiger partial charge in [-0.3, -0.25) is 9.59 Å². The number of urea groups is 1. The molecule has 0 spiro atoms. The molecule has 1 aromatic carbocycles. The first-order chi connectivity index (χ1) is 9.85. The van der Waals surface area contributed by atoms with Gasteiger partial charge in [0.25, 0.3) is 0 Å². The molecular weight excluding hydrogens is 274 g/mol. The molecule has 7 heteroatoms. The molecule has 1 atom stereocenters. The van der Waals surface area contributed by atoms with Crippen LogP contribution in [0.2, 0.25) is 0 Å². The van der Waals surface area contributed by atoms with Crippen LogP contribution in [0.3, 0.4) is 0 Å². The molecule has 0 radical (unpaired) electrons. The van der Waals surface area contributed by atoms with Crippen molar-refractivity contribution < 1.29 is 19.5 Å². The summed E-state index contributed by atoms with van der Waals surface area (Å²) in [5.74, 6) is -2.21. The van der Waals surface area contributed by atoms with E-state index in [4.69, 9.17) is 10.8 Å². The summed E-state index contributed by atoms with van der Waals surface area (Å²) in [5, 5.41) is 11.5. The first kappa shape index (κ1) is 16.5. The number of nitrogens with one attached hydrogen (secondary N) is 1. The fourth-order valence-corrected chi connectivity index (χ4v) is 1.72. The van der Waals surface area contributed by atoms with Crippen molar-refractivity contribution in [1.82, 2.24) is 4.90 Å². The Morgan fingerprint density at radius 2 is 2.05 bits per heavy atom. The zero-order valence-electron chi connectivity index (χ0n) is 12.0. The minimum Gasteiger partial charge on any atom is -0.481 e. The van der Waals surface area contributed by atoms with Gasteiger partial charge in [0, 0.05) is 24.3 Å². The van der Waals surface area contributed by atoms with E-state index in [1.165, 1.54) is 17.9 Å². The fourth-order valence-electron chi connectivity index (χ4n) is 1.72. The Morgan fingerprint density at radius 3 is 2.57 bits per heavy atom. The van der Waals surface area contributed by atoms with Gasteiger partial charge >= 0.3 is 12.0 Å². The number of carbonyl (C=O) groups is 3. The molecule has 3 amide bonds. The van der Waals surface area contributed by atoms with Crippen LogP contribution in [-0.2, 0) is 4.79 Å². The number of amides is 3. The third kappa shape index (κ3) is 4.79. The third-order valence-corrected chi connectivity index (χ3v) is 2.98. The second-order valence-electron chi connectivity index (χ2n) is 4.65. The van der Waals surface area contributed by atoms with Crippen LogP contribution in [-0.4, -0.2) is 41.0 Å². The lowest BCUT2D eigenvalue weighted by Crippen LogP contribution is -2.39. The Bertz CT molecular complexity index is 545. The van der Waals surface area contributed by atoms with Crippen LogP contribution in [0, 0.1) is 5.92 Å². The molecule has 7 nitrogen and oxygen atoms in total. The summed E-state index contributed by atoms with van der Waals surface area (Å²) in [6.45, 7) is 3.77. The molecule has 0 saturated carbocycles. The normalized spacial score (nSPS) is 11.5. The Labute approximate surface area is 122 Å². The molecule has 0 fully saturated rings. The van der Waals surface area contributed by atoms with Gasteiger partial charge in [-0.2, -0.15) is 0 Å². The lowest BCUT2D eigenvalue weighted by Gasteiger charge is -2.23. The number of primary amides is 1. The van der Waals surface area contributed by atoms with Crippen LogP contribution in [0.1, 0.15) is 24.2 Å². The van der Waals surface area contributed by atoms with Gasteiger partial charge in [-0.25, -0.2) is 4.79 Å². The topological polar surface area (TPSA) is 113 Å². The van der Waals surface area contributed by atoms with Crippen LogP contribution in [0.15, 0.2) is 24.3 Å². The minimum atomic E-state index is -0.961. The molecule has 0 aliphatic rings. The Kier molecular flexibility index (Phi) is 5.71. The third-order valence-electron chi connectivity index (χ3n) is 2.98. The molecule has 1 aromatic rings. The average molecular weight is 293 g/mol. The zero-order chi connectivity index (χ0) is 16.0. The summed E-state index contributed by atoms with van der Waals surface area (Å²) in [4.78, 5) is 35.4. The van der Waals surface area contributed by atoms with Gasteiger partial charge in [-0.15, -0.1) is 0 Å². The minimum absolute atomic E-state index is 0.104. The molecule has 0 heterocycles. The molecule has 1 unspecified atom stereocenters. The Hall–Kier alpha value is -2.57. The molecule has 114 valence electrons. The van der Waals surface area contributed by atoms with E-state index in [-0.39, 0.29) is 12.1 Å². The van der Waals surface area contributed by atoms with Crippen LogP contribution < -0.4 is 11.1 Å². The van der Waals surface area contributed by atoms with Crippen LogP contribution in [0.4, 0.5) is 10.5 Å². The maximum absolute atomic E-state index is 12.1. The highest BCUT2D eigenvalue weighted by Crippen LogP contribution is 2.12. The highest BCUT2D eigenvalue weighted by atomic mass is 16.4. The van der Waals surface area contributed by atoms with E-state index < -0.39 is 23.8 Å². The summed E-state index contributed by atoms with van der Waals surface area (Å²) in [5.41, 5.74) is 5.89. The average Bonchev–Trinajstić information content (AvgIpc) is 2.44. The number of carbonyl (C=O) groups excluding carboxylic acids is 2. The first-order valence-electron chi connectivity index (χ1n) is 6.53. The number of benzene rings is 1. The van der Waals surface area contributed by atoms with Gasteiger partial charge in [-0.1, -0.05) is 13.0 Å². The zero-order valence-corrected chi connectivity index (χ0v) is 12.0. The predicted molar refractivity (Wildman–Crippen MR) is 78.0 cm³/mol. The maximum Gasteiger partial charge on any atom is 0.321 e. The smallest absolute Gasteiger partial charge is 0.321 e.